The summed E-state index contributed by atoms with van der Waals surface area (Å²) in [5.74, 6) is -0.975. The van der Waals surface area contributed by atoms with Crippen LogP contribution in [0.4, 0.5) is 0 Å². The molecule has 2 amide bonds. The van der Waals surface area contributed by atoms with Gasteiger partial charge in [0.2, 0.25) is 11.8 Å². The van der Waals surface area contributed by atoms with Crippen molar-refractivity contribution in [2.24, 2.45) is 5.73 Å². The number of rotatable bonds is 5. The standard InChI is InChI=1S/C14H16Cl2N2O3/c15-9-3-1-4-10(16)8(9)7-11(13(17)19)18-14(20)12-5-2-6-21-12/h1,3-4,11-12H,2,5-7H2,(H2,17,19)(H,18,20)/t11-,12+/m1/s1. The van der Waals surface area contributed by atoms with E-state index in [0.29, 0.717) is 28.6 Å². The Morgan fingerprint density at radius 3 is 2.57 bits per heavy atom. The smallest absolute Gasteiger partial charge is 0.249 e. The molecule has 0 bridgehead atoms. The van der Waals surface area contributed by atoms with E-state index in [2.05, 4.69) is 5.32 Å². The van der Waals surface area contributed by atoms with Gasteiger partial charge in [-0.2, -0.15) is 0 Å². The lowest BCUT2D eigenvalue weighted by Gasteiger charge is -2.19. The fourth-order valence-corrected chi connectivity index (χ4v) is 2.76. The largest absolute Gasteiger partial charge is 0.368 e. The third kappa shape index (κ3) is 4.09. The molecule has 3 N–H and O–H groups in total. The van der Waals surface area contributed by atoms with Crippen LogP contribution < -0.4 is 11.1 Å². The summed E-state index contributed by atoms with van der Waals surface area (Å²) in [5.41, 5.74) is 5.93. The van der Waals surface area contributed by atoms with Gasteiger partial charge in [-0.1, -0.05) is 29.3 Å². The number of amides is 2. The first kappa shape index (κ1) is 16.1. The van der Waals surface area contributed by atoms with E-state index in [0.717, 1.165) is 6.42 Å². The second-order valence-electron chi connectivity index (χ2n) is 4.87. The van der Waals surface area contributed by atoms with Gasteiger partial charge >= 0.3 is 0 Å². The van der Waals surface area contributed by atoms with Crippen molar-refractivity contribution in [1.29, 1.82) is 0 Å². The van der Waals surface area contributed by atoms with Crippen LogP contribution in [-0.2, 0) is 20.7 Å². The Labute approximate surface area is 132 Å². The first-order valence-corrected chi connectivity index (χ1v) is 7.39. The molecule has 21 heavy (non-hydrogen) atoms. The molecule has 1 heterocycles. The van der Waals surface area contributed by atoms with Gasteiger partial charge < -0.3 is 15.8 Å². The lowest BCUT2D eigenvalue weighted by Crippen LogP contribution is -2.49. The molecule has 5 nitrogen and oxygen atoms in total. The molecule has 0 aromatic heterocycles. The molecule has 1 aromatic rings. The number of primary amides is 1. The van der Waals surface area contributed by atoms with Crippen molar-refractivity contribution in [3.05, 3.63) is 33.8 Å². The number of halogens is 2. The van der Waals surface area contributed by atoms with Gasteiger partial charge in [0, 0.05) is 23.1 Å². The highest BCUT2D eigenvalue weighted by molar-refractivity contribution is 6.36. The molecule has 1 aliphatic heterocycles. The highest BCUT2D eigenvalue weighted by atomic mass is 35.5. The molecule has 2 atom stereocenters. The number of carbonyl (C=O) groups excluding carboxylic acids is 2. The molecule has 114 valence electrons. The summed E-state index contributed by atoms with van der Waals surface area (Å²) in [6.07, 6.45) is 1.10. The Morgan fingerprint density at radius 1 is 1.38 bits per heavy atom. The van der Waals surface area contributed by atoms with E-state index >= 15 is 0 Å². The molecule has 0 spiro atoms. The second-order valence-corrected chi connectivity index (χ2v) is 5.68. The van der Waals surface area contributed by atoms with Gasteiger partial charge in [0.25, 0.3) is 0 Å². The zero-order chi connectivity index (χ0) is 15.4. The van der Waals surface area contributed by atoms with Crippen molar-refractivity contribution >= 4 is 35.0 Å². The Kier molecular flexibility index (Phi) is 5.45. The maximum Gasteiger partial charge on any atom is 0.249 e. The van der Waals surface area contributed by atoms with Gasteiger partial charge in [0.15, 0.2) is 0 Å². The molecule has 7 heteroatoms. The van der Waals surface area contributed by atoms with Gasteiger partial charge in [0.05, 0.1) is 0 Å². The highest BCUT2D eigenvalue weighted by Gasteiger charge is 2.28. The summed E-state index contributed by atoms with van der Waals surface area (Å²) in [5, 5.41) is 3.47. The van der Waals surface area contributed by atoms with E-state index in [1.165, 1.54) is 0 Å². The molecule has 1 aromatic carbocycles. The van der Waals surface area contributed by atoms with Gasteiger partial charge in [-0.25, -0.2) is 0 Å². The molecule has 1 aliphatic rings. The Morgan fingerprint density at radius 2 is 2.05 bits per heavy atom. The average molecular weight is 331 g/mol. The fourth-order valence-electron chi connectivity index (χ4n) is 2.20. The number of nitrogens with one attached hydrogen (secondary N) is 1. The molecule has 0 radical (unpaired) electrons. The predicted octanol–water partition coefficient (Wildman–Crippen LogP) is 1.68. The Bertz CT molecular complexity index is 525. The lowest BCUT2D eigenvalue weighted by molar-refractivity contribution is -0.133. The van der Waals surface area contributed by atoms with Crippen molar-refractivity contribution < 1.29 is 14.3 Å². The van der Waals surface area contributed by atoms with E-state index < -0.39 is 18.1 Å². The van der Waals surface area contributed by atoms with E-state index in [1.807, 2.05) is 0 Å². The van der Waals surface area contributed by atoms with Gasteiger partial charge in [-0.05, 0) is 30.5 Å². The van der Waals surface area contributed by atoms with E-state index in [1.54, 1.807) is 18.2 Å². The Balaban J connectivity index is 2.09. The van der Waals surface area contributed by atoms with Crippen molar-refractivity contribution in [1.82, 2.24) is 5.32 Å². The topological polar surface area (TPSA) is 81.4 Å². The van der Waals surface area contributed by atoms with Gasteiger partial charge in [-0.3, -0.25) is 9.59 Å². The van der Waals surface area contributed by atoms with Crippen molar-refractivity contribution in [3.8, 4) is 0 Å². The molecule has 2 rings (SSSR count). The normalized spacial score (nSPS) is 19.2. The van der Waals surface area contributed by atoms with Crippen LogP contribution in [0.2, 0.25) is 10.0 Å². The van der Waals surface area contributed by atoms with Crippen LogP contribution in [0.3, 0.4) is 0 Å². The van der Waals surface area contributed by atoms with Crippen molar-refractivity contribution in [2.45, 2.75) is 31.4 Å². The Hall–Kier alpha value is -1.30. The van der Waals surface area contributed by atoms with Crippen LogP contribution in [0.5, 0.6) is 0 Å². The van der Waals surface area contributed by atoms with E-state index in [9.17, 15) is 9.59 Å². The summed E-state index contributed by atoms with van der Waals surface area (Å²) in [6, 6.07) is 4.17. The third-order valence-electron chi connectivity index (χ3n) is 3.35. The lowest BCUT2D eigenvalue weighted by atomic mass is 10.0. The zero-order valence-corrected chi connectivity index (χ0v) is 12.8. The minimum atomic E-state index is -0.876. The van der Waals surface area contributed by atoms with Gasteiger partial charge in [0.1, 0.15) is 12.1 Å². The second kappa shape index (κ2) is 7.11. The molecule has 0 aliphatic carbocycles. The van der Waals surface area contributed by atoms with Crippen LogP contribution in [0, 0.1) is 0 Å². The molecular weight excluding hydrogens is 315 g/mol. The maximum absolute atomic E-state index is 12.0. The molecule has 0 unspecified atom stereocenters. The van der Waals surface area contributed by atoms with Crippen LogP contribution in [0.25, 0.3) is 0 Å². The van der Waals surface area contributed by atoms with Crippen molar-refractivity contribution in [3.63, 3.8) is 0 Å². The summed E-state index contributed by atoms with van der Waals surface area (Å²) < 4.78 is 5.28. The number of hydrogen-bond donors (Lipinski definition) is 2. The minimum Gasteiger partial charge on any atom is -0.368 e. The minimum absolute atomic E-state index is 0.145. The first-order valence-electron chi connectivity index (χ1n) is 6.63. The SMILES string of the molecule is NC(=O)[C@@H](Cc1c(Cl)cccc1Cl)NC(=O)[C@@H]1CCCO1. The van der Waals surface area contributed by atoms with Crippen LogP contribution in [0.15, 0.2) is 18.2 Å². The fraction of sp³-hybridized carbons (Fsp3) is 0.429. The number of nitrogens with two attached hydrogens (primary N) is 1. The van der Waals surface area contributed by atoms with E-state index in [-0.39, 0.29) is 12.3 Å². The highest BCUT2D eigenvalue weighted by Crippen LogP contribution is 2.25. The van der Waals surface area contributed by atoms with Crippen LogP contribution in [-0.4, -0.2) is 30.6 Å². The first-order chi connectivity index (χ1) is 9.99. The number of hydrogen-bond acceptors (Lipinski definition) is 3. The summed E-state index contributed by atoms with van der Waals surface area (Å²) >= 11 is 12.1. The van der Waals surface area contributed by atoms with E-state index in [4.69, 9.17) is 33.7 Å². The van der Waals surface area contributed by atoms with Crippen molar-refractivity contribution in [2.75, 3.05) is 6.61 Å². The van der Waals surface area contributed by atoms with Gasteiger partial charge in [-0.15, -0.1) is 0 Å². The number of benzene rings is 1. The summed E-state index contributed by atoms with van der Waals surface area (Å²) in [7, 11) is 0. The monoisotopic (exact) mass is 330 g/mol. The predicted molar refractivity (Wildman–Crippen MR) is 80.3 cm³/mol. The number of ether oxygens (including phenoxy) is 1. The third-order valence-corrected chi connectivity index (χ3v) is 4.06. The molecule has 0 saturated carbocycles. The molecule has 1 saturated heterocycles. The van der Waals surface area contributed by atoms with Crippen LogP contribution >= 0.6 is 23.2 Å². The quantitative estimate of drug-likeness (QED) is 0.861. The van der Waals surface area contributed by atoms with Crippen LogP contribution in [0.1, 0.15) is 18.4 Å². The number of carbonyl (C=O) groups is 2. The molecule has 1 fully saturated rings. The molecular formula is C14H16Cl2N2O3. The average Bonchev–Trinajstić information content (AvgIpc) is 2.95. The summed E-state index contributed by atoms with van der Waals surface area (Å²) in [6.45, 7) is 0.551. The zero-order valence-electron chi connectivity index (χ0n) is 11.3. The maximum atomic E-state index is 12.0. The summed E-state index contributed by atoms with van der Waals surface area (Å²) in [4.78, 5) is 23.6.